The highest BCUT2D eigenvalue weighted by atomic mass is 32.2. The Hall–Kier alpha value is -1.44. The molecule has 3 rings (SSSR count). The molecule has 1 aromatic carbocycles. The summed E-state index contributed by atoms with van der Waals surface area (Å²) in [6.45, 7) is 2.57. The minimum absolute atomic E-state index is 0.0960. The predicted molar refractivity (Wildman–Crippen MR) is 74.8 cm³/mol. The lowest BCUT2D eigenvalue weighted by Crippen LogP contribution is -2.32. The van der Waals surface area contributed by atoms with Crippen molar-refractivity contribution in [3.05, 3.63) is 23.8 Å². The average molecular weight is 295 g/mol. The summed E-state index contributed by atoms with van der Waals surface area (Å²) in [5.74, 6) is -0.418. The van der Waals surface area contributed by atoms with E-state index in [9.17, 15) is 13.2 Å². The number of nitrogens with zero attached hydrogens (tertiary/aromatic N) is 1. The third-order valence-corrected chi connectivity index (χ3v) is 5.83. The monoisotopic (exact) mass is 295 g/mol. The Morgan fingerprint density at radius 2 is 2.15 bits per heavy atom. The molecule has 2 atom stereocenters. The zero-order valence-corrected chi connectivity index (χ0v) is 12.0. The van der Waals surface area contributed by atoms with Gasteiger partial charge in [-0.2, -0.15) is 4.31 Å². The van der Waals surface area contributed by atoms with Crippen LogP contribution >= 0.6 is 0 Å². The normalized spacial score (nSPS) is 26.6. The standard InChI is InChI=1S/C13H17N3O3S/c1-8-11-6-10(2-3-12(11)15-13(8)17)20(18,19)16-5-4-9(14)7-16/h2-3,6,8-9H,4-5,7,14H2,1H3,(H,15,17)/t8?,9-/m0/s1. The number of amides is 1. The predicted octanol–water partition coefficient (Wildman–Crippen LogP) is 0.464. The van der Waals surface area contributed by atoms with Crippen LogP contribution in [0.15, 0.2) is 23.1 Å². The van der Waals surface area contributed by atoms with Gasteiger partial charge in [0.1, 0.15) is 0 Å². The molecule has 2 aliphatic rings. The van der Waals surface area contributed by atoms with Crippen molar-refractivity contribution in [1.29, 1.82) is 0 Å². The second kappa shape index (κ2) is 4.54. The number of hydrogen-bond donors (Lipinski definition) is 2. The number of fused-ring (bicyclic) bond motifs is 1. The van der Waals surface area contributed by atoms with Gasteiger partial charge in [-0.25, -0.2) is 8.42 Å². The summed E-state index contributed by atoms with van der Waals surface area (Å²) in [6, 6.07) is 4.69. The molecule has 2 aliphatic heterocycles. The summed E-state index contributed by atoms with van der Waals surface area (Å²) in [4.78, 5) is 11.8. The highest BCUT2D eigenvalue weighted by molar-refractivity contribution is 7.89. The number of nitrogens with one attached hydrogen (secondary N) is 1. The SMILES string of the molecule is CC1C(=O)Nc2ccc(S(=O)(=O)N3CC[C@H](N)C3)cc21. The van der Waals surface area contributed by atoms with Crippen LogP contribution < -0.4 is 11.1 Å². The van der Waals surface area contributed by atoms with Gasteiger partial charge >= 0.3 is 0 Å². The zero-order chi connectivity index (χ0) is 14.5. The minimum Gasteiger partial charge on any atom is -0.326 e. The second-order valence-corrected chi connectivity index (χ2v) is 7.31. The fraction of sp³-hybridized carbons (Fsp3) is 0.462. The van der Waals surface area contributed by atoms with Crippen LogP contribution in [-0.4, -0.2) is 37.8 Å². The first kappa shape index (κ1) is 13.5. The summed E-state index contributed by atoms with van der Waals surface area (Å²) in [5, 5.41) is 2.74. The lowest BCUT2D eigenvalue weighted by atomic mass is 10.0. The summed E-state index contributed by atoms with van der Waals surface area (Å²) >= 11 is 0. The Morgan fingerprint density at radius 1 is 1.40 bits per heavy atom. The van der Waals surface area contributed by atoms with Crippen molar-refractivity contribution in [2.45, 2.75) is 30.2 Å². The summed E-state index contributed by atoms with van der Waals surface area (Å²) in [5.41, 5.74) is 7.20. The molecule has 0 aliphatic carbocycles. The van der Waals surface area contributed by atoms with Crippen molar-refractivity contribution < 1.29 is 13.2 Å². The molecule has 1 saturated heterocycles. The molecule has 0 aromatic heterocycles. The second-order valence-electron chi connectivity index (χ2n) is 5.37. The highest BCUT2D eigenvalue weighted by Gasteiger charge is 2.33. The summed E-state index contributed by atoms with van der Waals surface area (Å²) in [7, 11) is -3.52. The number of nitrogens with two attached hydrogens (primary N) is 1. The summed E-state index contributed by atoms with van der Waals surface area (Å²) < 4.78 is 26.5. The molecule has 108 valence electrons. The van der Waals surface area contributed by atoms with E-state index in [1.165, 1.54) is 10.4 Å². The van der Waals surface area contributed by atoms with E-state index in [4.69, 9.17) is 5.73 Å². The molecule has 20 heavy (non-hydrogen) atoms. The number of carbonyl (C=O) groups is 1. The quantitative estimate of drug-likeness (QED) is 0.829. The molecule has 6 nitrogen and oxygen atoms in total. The van der Waals surface area contributed by atoms with E-state index in [-0.39, 0.29) is 22.8 Å². The average Bonchev–Trinajstić information content (AvgIpc) is 2.95. The van der Waals surface area contributed by atoms with Crippen LogP contribution in [0.25, 0.3) is 0 Å². The van der Waals surface area contributed by atoms with E-state index in [0.717, 1.165) is 5.56 Å². The van der Waals surface area contributed by atoms with Gasteiger partial charge in [0.05, 0.1) is 10.8 Å². The molecule has 1 amide bonds. The molecule has 0 bridgehead atoms. The molecule has 0 saturated carbocycles. The Kier molecular flexibility index (Phi) is 3.07. The molecule has 1 fully saturated rings. The fourth-order valence-corrected chi connectivity index (χ4v) is 4.22. The maximum atomic E-state index is 12.5. The molecular formula is C13H17N3O3S. The van der Waals surface area contributed by atoms with Crippen LogP contribution in [0.5, 0.6) is 0 Å². The smallest absolute Gasteiger partial charge is 0.243 e. The van der Waals surface area contributed by atoms with Gasteiger partial charge in [0.15, 0.2) is 0 Å². The maximum Gasteiger partial charge on any atom is 0.243 e. The van der Waals surface area contributed by atoms with E-state index in [1.54, 1.807) is 19.1 Å². The molecular weight excluding hydrogens is 278 g/mol. The highest BCUT2D eigenvalue weighted by Crippen LogP contribution is 2.34. The van der Waals surface area contributed by atoms with E-state index in [1.807, 2.05) is 0 Å². The number of anilines is 1. The third kappa shape index (κ3) is 2.02. The topological polar surface area (TPSA) is 92.5 Å². The molecule has 3 N–H and O–H groups in total. The molecule has 2 heterocycles. The number of hydrogen-bond acceptors (Lipinski definition) is 4. The first-order chi connectivity index (χ1) is 9.39. The zero-order valence-electron chi connectivity index (χ0n) is 11.2. The van der Waals surface area contributed by atoms with E-state index >= 15 is 0 Å². The van der Waals surface area contributed by atoms with Crippen LogP contribution in [0, 0.1) is 0 Å². The Balaban J connectivity index is 1.98. The lowest BCUT2D eigenvalue weighted by molar-refractivity contribution is -0.116. The van der Waals surface area contributed by atoms with Gasteiger partial charge in [0, 0.05) is 24.8 Å². The maximum absolute atomic E-state index is 12.5. The van der Waals surface area contributed by atoms with Crippen LogP contribution in [0.4, 0.5) is 5.69 Å². The molecule has 7 heteroatoms. The Labute approximate surface area is 118 Å². The van der Waals surface area contributed by atoms with Gasteiger partial charge in [-0.05, 0) is 37.1 Å². The van der Waals surface area contributed by atoms with Crippen molar-refractivity contribution in [1.82, 2.24) is 4.31 Å². The molecule has 0 radical (unpaired) electrons. The van der Waals surface area contributed by atoms with Crippen molar-refractivity contribution in [3.8, 4) is 0 Å². The van der Waals surface area contributed by atoms with E-state index in [0.29, 0.717) is 25.2 Å². The number of rotatable bonds is 2. The Morgan fingerprint density at radius 3 is 2.80 bits per heavy atom. The van der Waals surface area contributed by atoms with Crippen molar-refractivity contribution in [3.63, 3.8) is 0 Å². The van der Waals surface area contributed by atoms with Crippen LogP contribution in [-0.2, 0) is 14.8 Å². The van der Waals surface area contributed by atoms with Gasteiger partial charge < -0.3 is 11.1 Å². The fourth-order valence-electron chi connectivity index (χ4n) is 2.68. The van der Waals surface area contributed by atoms with E-state index in [2.05, 4.69) is 5.32 Å². The lowest BCUT2D eigenvalue weighted by Gasteiger charge is -2.16. The Bertz CT molecular complexity index is 671. The van der Waals surface area contributed by atoms with Gasteiger partial charge in [0.2, 0.25) is 15.9 Å². The molecule has 1 unspecified atom stereocenters. The van der Waals surface area contributed by atoms with Gasteiger partial charge in [0.25, 0.3) is 0 Å². The number of benzene rings is 1. The first-order valence-corrected chi connectivity index (χ1v) is 8.04. The largest absolute Gasteiger partial charge is 0.326 e. The van der Waals surface area contributed by atoms with Crippen molar-refractivity contribution in [2.75, 3.05) is 18.4 Å². The molecule has 1 aromatic rings. The molecule has 0 spiro atoms. The van der Waals surface area contributed by atoms with Crippen LogP contribution in [0.3, 0.4) is 0 Å². The number of carbonyl (C=O) groups excluding carboxylic acids is 1. The van der Waals surface area contributed by atoms with Gasteiger partial charge in [-0.3, -0.25) is 4.79 Å². The minimum atomic E-state index is -3.52. The van der Waals surface area contributed by atoms with E-state index < -0.39 is 10.0 Å². The number of sulfonamides is 1. The summed E-state index contributed by atoms with van der Waals surface area (Å²) in [6.07, 6.45) is 0.681. The first-order valence-electron chi connectivity index (χ1n) is 6.60. The van der Waals surface area contributed by atoms with Crippen LogP contribution in [0.1, 0.15) is 24.8 Å². The van der Waals surface area contributed by atoms with Crippen molar-refractivity contribution >= 4 is 21.6 Å². The van der Waals surface area contributed by atoms with Crippen LogP contribution in [0.2, 0.25) is 0 Å². The van der Waals surface area contributed by atoms with Crippen molar-refractivity contribution in [2.24, 2.45) is 5.73 Å². The van der Waals surface area contributed by atoms with Gasteiger partial charge in [-0.15, -0.1) is 0 Å². The third-order valence-electron chi connectivity index (χ3n) is 3.97. The van der Waals surface area contributed by atoms with Gasteiger partial charge in [-0.1, -0.05) is 0 Å².